The molecule has 2 aliphatic heterocycles. The molecule has 2 heterocycles. The van der Waals surface area contributed by atoms with Gasteiger partial charge in [-0.15, -0.1) is 0 Å². The standard InChI is InChI=1S/C19H28FN3O2/c1-14(15-3-2-4-21-13-15)9-19(24)22-17-10-16(20)11-18(12-17)23-5-7-25-8-6-23/h10-12,14-15,21H,2-9,13H2,1H3,(H,22,24). The van der Waals surface area contributed by atoms with Crippen LogP contribution in [0.5, 0.6) is 0 Å². The lowest BCUT2D eigenvalue weighted by Crippen LogP contribution is -2.36. The molecule has 2 fully saturated rings. The molecule has 3 rings (SSSR count). The van der Waals surface area contributed by atoms with Crippen LogP contribution in [0.3, 0.4) is 0 Å². The van der Waals surface area contributed by atoms with Crippen LogP contribution in [0.2, 0.25) is 0 Å². The summed E-state index contributed by atoms with van der Waals surface area (Å²) in [4.78, 5) is 14.5. The topological polar surface area (TPSA) is 53.6 Å². The van der Waals surface area contributed by atoms with Gasteiger partial charge >= 0.3 is 0 Å². The summed E-state index contributed by atoms with van der Waals surface area (Å²) in [5.41, 5.74) is 1.32. The lowest BCUT2D eigenvalue weighted by atomic mass is 9.85. The van der Waals surface area contributed by atoms with Crippen LogP contribution >= 0.6 is 0 Å². The van der Waals surface area contributed by atoms with E-state index in [9.17, 15) is 9.18 Å². The highest BCUT2D eigenvalue weighted by Gasteiger charge is 2.22. The van der Waals surface area contributed by atoms with Crippen LogP contribution in [-0.2, 0) is 9.53 Å². The Hall–Kier alpha value is -1.66. The van der Waals surface area contributed by atoms with E-state index in [1.165, 1.54) is 25.0 Å². The molecular formula is C19H28FN3O2. The van der Waals surface area contributed by atoms with Gasteiger partial charge in [-0.05, 0) is 56.0 Å². The number of nitrogens with zero attached hydrogens (tertiary/aromatic N) is 1. The average Bonchev–Trinajstić information content (AvgIpc) is 2.62. The van der Waals surface area contributed by atoms with Crippen LogP contribution < -0.4 is 15.5 Å². The van der Waals surface area contributed by atoms with Crippen molar-refractivity contribution in [1.82, 2.24) is 5.32 Å². The number of carbonyl (C=O) groups is 1. The predicted molar refractivity (Wildman–Crippen MR) is 97.4 cm³/mol. The number of rotatable bonds is 5. The molecule has 1 amide bonds. The lowest BCUT2D eigenvalue weighted by Gasteiger charge is -2.29. The molecule has 2 aliphatic rings. The van der Waals surface area contributed by atoms with Gasteiger partial charge in [0.15, 0.2) is 0 Å². The first-order valence-corrected chi connectivity index (χ1v) is 9.25. The second kappa shape index (κ2) is 8.63. The third-order valence-electron chi connectivity index (χ3n) is 5.19. The highest BCUT2D eigenvalue weighted by molar-refractivity contribution is 5.91. The van der Waals surface area contributed by atoms with Gasteiger partial charge in [0, 0.05) is 30.9 Å². The SMILES string of the molecule is CC(CC(=O)Nc1cc(F)cc(N2CCOCC2)c1)C1CCCNC1. The van der Waals surface area contributed by atoms with Crippen LogP contribution in [0.15, 0.2) is 18.2 Å². The summed E-state index contributed by atoms with van der Waals surface area (Å²) in [5.74, 6) is 0.483. The van der Waals surface area contributed by atoms with Gasteiger partial charge in [0.1, 0.15) is 5.82 Å². The third kappa shape index (κ3) is 5.16. The number of piperidine rings is 1. The normalized spacial score (nSPS) is 22.5. The summed E-state index contributed by atoms with van der Waals surface area (Å²) < 4.78 is 19.3. The minimum Gasteiger partial charge on any atom is -0.378 e. The zero-order valence-electron chi connectivity index (χ0n) is 14.9. The van der Waals surface area contributed by atoms with Crippen molar-refractivity contribution in [1.29, 1.82) is 0 Å². The first-order valence-electron chi connectivity index (χ1n) is 9.25. The number of benzene rings is 1. The van der Waals surface area contributed by atoms with Gasteiger partial charge in [-0.1, -0.05) is 6.92 Å². The molecule has 0 radical (unpaired) electrons. The second-order valence-electron chi connectivity index (χ2n) is 7.13. The highest BCUT2D eigenvalue weighted by atomic mass is 19.1. The first kappa shape index (κ1) is 18.1. The van der Waals surface area contributed by atoms with Crippen LogP contribution in [-0.4, -0.2) is 45.3 Å². The molecule has 1 aromatic carbocycles. The van der Waals surface area contributed by atoms with E-state index in [1.807, 2.05) is 6.07 Å². The number of carbonyl (C=O) groups excluding carboxylic acids is 1. The smallest absolute Gasteiger partial charge is 0.224 e. The molecule has 2 N–H and O–H groups in total. The number of ether oxygens (including phenoxy) is 1. The Morgan fingerprint density at radius 3 is 2.92 bits per heavy atom. The van der Waals surface area contributed by atoms with Gasteiger partial charge in [-0.3, -0.25) is 4.79 Å². The largest absolute Gasteiger partial charge is 0.378 e. The molecule has 0 aliphatic carbocycles. The Morgan fingerprint density at radius 2 is 2.20 bits per heavy atom. The van der Waals surface area contributed by atoms with E-state index in [0.29, 0.717) is 37.2 Å². The molecule has 5 nitrogen and oxygen atoms in total. The van der Waals surface area contributed by atoms with Crippen LogP contribution in [0.25, 0.3) is 0 Å². The number of morpholine rings is 1. The Bertz CT molecular complexity index is 584. The second-order valence-corrected chi connectivity index (χ2v) is 7.13. The highest BCUT2D eigenvalue weighted by Crippen LogP contribution is 2.25. The molecule has 0 bridgehead atoms. The number of amides is 1. The minimum absolute atomic E-state index is 0.0448. The van der Waals surface area contributed by atoms with Gasteiger partial charge in [0.2, 0.25) is 5.91 Å². The lowest BCUT2D eigenvalue weighted by molar-refractivity contribution is -0.117. The molecule has 138 valence electrons. The first-order chi connectivity index (χ1) is 12.1. The fourth-order valence-corrected chi connectivity index (χ4v) is 3.69. The molecule has 0 saturated carbocycles. The molecular weight excluding hydrogens is 321 g/mol. The summed E-state index contributed by atoms with van der Waals surface area (Å²) in [6, 6.07) is 4.74. The third-order valence-corrected chi connectivity index (χ3v) is 5.19. The number of nitrogens with one attached hydrogen (secondary N) is 2. The van der Waals surface area contributed by atoms with E-state index < -0.39 is 0 Å². The monoisotopic (exact) mass is 349 g/mol. The van der Waals surface area contributed by atoms with Crippen molar-refractivity contribution < 1.29 is 13.9 Å². The van der Waals surface area contributed by atoms with E-state index in [0.717, 1.165) is 31.9 Å². The van der Waals surface area contributed by atoms with Crippen LogP contribution in [0.1, 0.15) is 26.2 Å². The van der Waals surface area contributed by atoms with Crippen molar-refractivity contribution in [3.63, 3.8) is 0 Å². The maximum atomic E-state index is 14.0. The number of anilines is 2. The summed E-state index contributed by atoms with van der Waals surface area (Å²) >= 11 is 0. The molecule has 0 aromatic heterocycles. The van der Waals surface area contributed by atoms with Crippen molar-refractivity contribution >= 4 is 17.3 Å². The molecule has 2 unspecified atom stereocenters. The van der Waals surface area contributed by atoms with Crippen molar-refractivity contribution in [3.8, 4) is 0 Å². The minimum atomic E-state index is -0.330. The molecule has 6 heteroatoms. The maximum absolute atomic E-state index is 14.0. The van der Waals surface area contributed by atoms with E-state index in [1.54, 1.807) is 0 Å². The summed E-state index contributed by atoms with van der Waals surface area (Å²) in [5, 5.41) is 6.27. The molecule has 0 spiro atoms. The van der Waals surface area contributed by atoms with E-state index >= 15 is 0 Å². The number of hydrogen-bond acceptors (Lipinski definition) is 4. The molecule has 25 heavy (non-hydrogen) atoms. The average molecular weight is 349 g/mol. The van der Waals surface area contributed by atoms with Crippen molar-refractivity contribution in [2.24, 2.45) is 11.8 Å². The maximum Gasteiger partial charge on any atom is 0.224 e. The Morgan fingerprint density at radius 1 is 1.40 bits per heavy atom. The van der Waals surface area contributed by atoms with Crippen LogP contribution in [0.4, 0.5) is 15.8 Å². The van der Waals surface area contributed by atoms with Crippen LogP contribution in [0, 0.1) is 17.7 Å². The zero-order valence-corrected chi connectivity index (χ0v) is 14.9. The summed E-state index contributed by atoms with van der Waals surface area (Å²) in [7, 11) is 0. The van der Waals surface area contributed by atoms with E-state index in [-0.39, 0.29) is 11.7 Å². The quantitative estimate of drug-likeness (QED) is 0.858. The zero-order chi connectivity index (χ0) is 17.6. The number of halogens is 1. The fourth-order valence-electron chi connectivity index (χ4n) is 3.69. The summed E-state index contributed by atoms with van der Waals surface area (Å²) in [6.07, 6.45) is 2.81. The van der Waals surface area contributed by atoms with E-state index in [4.69, 9.17) is 4.74 Å². The Labute approximate surface area is 148 Å². The predicted octanol–water partition coefficient (Wildman–Crippen LogP) is 2.63. The molecule has 2 atom stereocenters. The van der Waals surface area contributed by atoms with Gasteiger partial charge in [-0.25, -0.2) is 4.39 Å². The van der Waals surface area contributed by atoms with Gasteiger partial charge < -0.3 is 20.3 Å². The van der Waals surface area contributed by atoms with Crippen molar-refractivity contribution in [3.05, 3.63) is 24.0 Å². The Balaban J connectivity index is 1.59. The summed E-state index contributed by atoms with van der Waals surface area (Å²) in [6.45, 7) is 6.95. The number of hydrogen-bond donors (Lipinski definition) is 2. The van der Waals surface area contributed by atoms with Crippen molar-refractivity contribution in [2.45, 2.75) is 26.2 Å². The van der Waals surface area contributed by atoms with Gasteiger partial charge in [0.05, 0.1) is 13.2 Å². The molecule has 2 saturated heterocycles. The van der Waals surface area contributed by atoms with E-state index in [2.05, 4.69) is 22.5 Å². The fraction of sp³-hybridized carbons (Fsp3) is 0.632. The molecule has 1 aromatic rings. The van der Waals surface area contributed by atoms with Gasteiger partial charge in [0.25, 0.3) is 0 Å². The van der Waals surface area contributed by atoms with Gasteiger partial charge in [-0.2, -0.15) is 0 Å². The van der Waals surface area contributed by atoms with Crippen molar-refractivity contribution in [2.75, 3.05) is 49.6 Å². The Kier molecular flexibility index (Phi) is 6.26.